The molecule has 0 spiro atoms. The van der Waals surface area contributed by atoms with Crippen molar-refractivity contribution in [2.45, 2.75) is 38.6 Å². The zero-order valence-electron chi connectivity index (χ0n) is 14.2. The number of likely N-dealkylation sites (tertiary alicyclic amines) is 1. The summed E-state index contributed by atoms with van der Waals surface area (Å²) in [5.74, 6) is 0. The van der Waals surface area contributed by atoms with E-state index >= 15 is 0 Å². The second kappa shape index (κ2) is 8.44. The van der Waals surface area contributed by atoms with Gasteiger partial charge in [0.15, 0.2) is 0 Å². The van der Waals surface area contributed by atoms with Crippen LogP contribution in [-0.4, -0.2) is 84.5 Å². The summed E-state index contributed by atoms with van der Waals surface area (Å²) >= 11 is 0. The predicted molar refractivity (Wildman–Crippen MR) is 91.5 cm³/mol. The summed E-state index contributed by atoms with van der Waals surface area (Å²) in [6.45, 7) is 16.7. The minimum atomic E-state index is 0.807. The summed E-state index contributed by atoms with van der Waals surface area (Å²) in [6.07, 6.45) is 9.88. The maximum absolute atomic E-state index is 3.57. The molecule has 0 amide bonds. The van der Waals surface area contributed by atoms with E-state index in [1.165, 1.54) is 58.4 Å². The lowest BCUT2D eigenvalue weighted by molar-refractivity contribution is 0.232. The number of hydrogen-bond donors (Lipinski definition) is 0. The van der Waals surface area contributed by atoms with Crippen LogP contribution in [0.15, 0.2) is 12.2 Å². The van der Waals surface area contributed by atoms with Gasteiger partial charge in [-0.3, -0.25) is 14.7 Å². The summed E-state index contributed by atoms with van der Waals surface area (Å²) < 4.78 is 0. The quantitative estimate of drug-likeness (QED) is 0.664. The summed E-state index contributed by atoms with van der Waals surface area (Å²) in [5.41, 5.74) is 0. The van der Waals surface area contributed by atoms with Crippen molar-refractivity contribution >= 4 is 0 Å². The molecule has 0 aromatic rings. The van der Waals surface area contributed by atoms with E-state index in [0.717, 1.165) is 32.2 Å². The monoisotopic (exact) mass is 304 g/mol. The molecule has 0 aliphatic carbocycles. The van der Waals surface area contributed by atoms with Crippen LogP contribution >= 0.6 is 0 Å². The van der Waals surface area contributed by atoms with Crippen LogP contribution in [0.25, 0.3) is 0 Å². The van der Waals surface area contributed by atoms with Crippen LogP contribution in [0.1, 0.15) is 32.6 Å². The number of nitrogens with zero attached hydrogens (tertiary/aromatic N) is 4. The Morgan fingerprint density at radius 3 is 2.55 bits per heavy atom. The molecular formula is C18H32N4. The van der Waals surface area contributed by atoms with Gasteiger partial charge in [0.05, 0.1) is 0 Å². The molecule has 3 aliphatic rings. The minimum Gasteiger partial charge on any atom is -0.301 e. The average Bonchev–Trinajstić information content (AvgIpc) is 3.16. The van der Waals surface area contributed by atoms with Gasteiger partial charge in [-0.05, 0) is 45.7 Å². The van der Waals surface area contributed by atoms with Gasteiger partial charge in [-0.25, -0.2) is 0 Å². The molecular weight excluding hydrogens is 272 g/mol. The van der Waals surface area contributed by atoms with Crippen molar-refractivity contribution in [3.63, 3.8) is 0 Å². The molecule has 2 fully saturated rings. The van der Waals surface area contributed by atoms with E-state index in [1.807, 2.05) is 0 Å². The largest absolute Gasteiger partial charge is 0.301 e. The highest BCUT2D eigenvalue weighted by molar-refractivity contribution is 4.91. The standard InChI is InChI=1S/C18H32N4/c1-18-7-5-11-22(18)12-6-10-20-15-16-21(17-20)14-13-19-8-3-2-4-9-19/h2-3,18H,4-16H2,1H3. The number of rotatable bonds is 7. The first-order valence-corrected chi connectivity index (χ1v) is 9.19. The Morgan fingerprint density at radius 2 is 1.82 bits per heavy atom. The zero-order chi connectivity index (χ0) is 15.2. The predicted octanol–water partition coefficient (Wildman–Crippen LogP) is 1.74. The maximum atomic E-state index is 3.57. The summed E-state index contributed by atoms with van der Waals surface area (Å²) in [5, 5.41) is 0. The van der Waals surface area contributed by atoms with Gasteiger partial charge in [0.2, 0.25) is 0 Å². The Morgan fingerprint density at radius 1 is 0.955 bits per heavy atom. The van der Waals surface area contributed by atoms with Crippen molar-refractivity contribution < 1.29 is 0 Å². The van der Waals surface area contributed by atoms with E-state index in [1.54, 1.807) is 0 Å². The average molecular weight is 304 g/mol. The smallest absolute Gasteiger partial charge is 0.146 e. The van der Waals surface area contributed by atoms with Crippen molar-refractivity contribution in [2.75, 3.05) is 58.9 Å². The molecule has 2 radical (unpaired) electrons. The van der Waals surface area contributed by atoms with Gasteiger partial charge in [0, 0.05) is 51.9 Å². The fraction of sp³-hybridized carbons (Fsp3) is 0.833. The fourth-order valence-corrected chi connectivity index (χ4v) is 3.81. The van der Waals surface area contributed by atoms with E-state index in [2.05, 4.69) is 45.3 Å². The molecule has 0 N–H and O–H groups in total. The highest BCUT2D eigenvalue weighted by atomic mass is 15.4. The van der Waals surface area contributed by atoms with E-state index in [9.17, 15) is 0 Å². The van der Waals surface area contributed by atoms with Crippen LogP contribution in [-0.2, 0) is 0 Å². The van der Waals surface area contributed by atoms with Crippen molar-refractivity contribution in [2.24, 2.45) is 0 Å². The second-order valence-corrected chi connectivity index (χ2v) is 7.02. The minimum absolute atomic E-state index is 0.807. The van der Waals surface area contributed by atoms with Gasteiger partial charge >= 0.3 is 0 Å². The van der Waals surface area contributed by atoms with Crippen LogP contribution < -0.4 is 0 Å². The van der Waals surface area contributed by atoms with Crippen molar-refractivity contribution in [1.29, 1.82) is 0 Å². The Balaban J connectivity index is 1.26. The van der Waals surface area contributed by atoms with Crippen LogP contribution in [0.2, 0.25) is 0 Å². The third-order valence-corrected chi connectivity index (χ3v) is 5.32. The van der Waals surface area contributed by atoms with Gasteiger partial charge in [-0.15, -0.1) is 0 Å². The fourth-order valence-electron chi connectivity index (χ4n) is 3.81. The first-order valence-electron chi connectivity index (χ1n) is 9.19. The van der Waals surface area contributed by atoms with Crippen LogP contribution in [0.4, 0.5) is 0 Å². The Labute approximate surface area is 136 Å². The first kappa shape index (κ1) is 16.4. The summed E-state index contributed by atoms with van der Waals surface area (Å²) in [4.78, 5) is 9.98. The lowest BCUT2D eigenvalue weighted by atomic mass is 10.2. The topological polar surface area (TPSA) is 13.0 Å². The van der Waals surface area contributed by atoms with Crippen LogP contribution in [0, 0.1) is 6.67 Å². The molecule has 4 nitrogen and oxygen atoms in total. The van der Waals surface area contributed by atoms with Crippen molar-refractivity contribution in [3.8, 4) is 0 Å². The number of hydrogen-bond acceptors (Lipinski definition) is 4. The van der Waals surface area contributed by atoms with E-state index < -0.39 is 0 Å². The summed E-state index contributed by atoms with van der Waals surface area (Å²) in [6, 6.07) is 0.807. The Hall–Kier alpha value is -0.420. The SMILES string of the molecule is CC1CCCN1CCCN1[C]N(CCN2CC=CCC2)CC1. The third kappa shape index (κ3) is 4.79. The molecule has 1 unspecified atom stereocenters. The second-order valence-electron chi connectivity index (χ2n) is 7.02. The molecule has 22 heavy (non-hydrogen) atoms. The van der Waals surface area contributed by atoms with E-state index in [4.69, 9.17) is 0 Å². The van der Waals surface area contributed by atoms with Gasteiger partial charge in [0.1, 0.15) is 6.67 Å². The van der Waals surface area contributed by atoms with Gasteiger partial charge < -0.3 is 4.90 Å². The Kier molecular flexibility index (Phi) is 6.30. The lowest BCUT2D eigenvalue weighted by Gasteiger charge is -2.25. The van der Waals surface area contributed by atoms with Gasteiger partial charge in [-0.1, -0.05) is 12.2 Å². The molecule has 0 aromatic heterocycles. The molecule has 2 saturated heterocycles. The van der Waals surface area contributed by atoms with Gasteiger partial charge in [0.25, 0.3) is 0 Å². The van der Waals surface area contributed by atoms with Crippen LogP contribution in [0.3, 0.4) is 0 Å². The molecule has 1 atom stereocenters. The van der Waals surface area contributed by atoms with Crippen molar-refractivity contribution in [3.05, 3.63) is 18.8 Å². The first-order chi connectivity index (χ1) is 10.8. The molecule has 0 saturated carbocycles. The molecule has 124 valence electrons. The highest BCUT2D eigenvalue weighted by Crippen LogP contribution is 2.17. The molecule has 0 bridgehead atoms. The lowest BCUT2D eigenvalue weighted by Crippen LogP contribution is -2.35. The highest BCUT2D eigenvalue weighted by Gasteiger charge is 2.23. The normalized spacial score (nSPS) is 28.9. The van der Waals surface area contributed by atoms with Crippen LogP contribution in [0.5, 0.6) is 0 Å². The van der Waals surface area contributed by atoms with Crippen molar-refractivity contribution in [1.82, 2.24) is 19.6 Å². The Bertz CT molecular complexity index is 357. The molecule has 3 heterocycles. The molecule has 0 aromatic carbocycles. The third-order valence-electron chi connectivity index (χ3n) is 5.32. The van der Waals surface area contributed by atoms with E-state index in [-0.39, 0.29) is 0 Å². The molecule has 3 rings (SSSR count). The zero-order valence-corrected chi connectivity index (χ0v) is 14.2. The molecule has 4 heteroatoms. The van der Waals surface area contributed by atoms with Gasteiger partial charge in [-0.2, -0.15) is 0 Å². The molecule has 3 aliphatic heterocycles. The summed E-state index contributed by atoms with van der Waals surface area (Å²) in [7, 11) is 0. The maximum Gasteiger partial charge on any atom is 0.146 e. The van der Waals surface area contributed by atoms with E-state index in [0.29, 0.717) is 0 Å².